The molecule has 0 fully saturated rings. The summed E-state index contributed by atoms with van der Waals surface area (Å²) in [6, 6.07) is 1.79. The smallest absolute Gasteiger partial charge is 1.00 e. The number of esters is 1. The van der Waals surface area contributed by atoms with E-state index >= 15 is 0 Å². The number of carbonyl (C=O) groups is 1. The molecule has 4 heteroatoms. The van der Waals surface area contributed by atoms with E-state index in [1.54, 1.807) is 6.07 Å². The van der Waals surface area contributed by atoms with Gasteiger partial charge in [0.2, 0.25) is 0 Å². The van der Waals surface area contributed by atoms with Gasteiger partial charge in [0.15, 0.2) is 0 Å². The first-order valence-electron chi connectivity index (χ1n) is 3.56. The Kier molecular flexibility index (Phi) is 7.72. The molecular weight excluding hydrogens is 199 g/mol. The van der Waals surface area contributed by atoms with Crippen molar-refractivity contribution in [2.75, 3.05) is 0 Å². The Bertz CT molecular complexity index is 226. The Balaban J connectivity index is 0. The molecule has 1 aromatic heterocycles. The molecule has 1 rings (SSSR count). The summed E-state index contributed by atoms with van der Waals surface area (Å²) in [6.45, 7) is 1.95. The van der Waals surface area contributed by atoms with Gasteiger partial charge >= 0.3 is 57.4 Å². The Hall–Kier alpha value is 0.806. The molecule has 0 atom stereocenters. The monoisotopic (exact) mass is 210 g/mol. The second-order valence-electron chi connectivity index (χ2n) is 2.18. The summed E-state index contributed by atoms with van der Waals surface area (Å²) in [5, 5.41) is 3.70. The van der Waals surface area contributed by atoms with E-state index < -0.39 is 0 Å². The molecule has 0 saturated heterocycles. The third kappa shape index (κ3) is 4.74. The average molecular weight is 210 g/mol. The van der Waals surface area contributed by atoms with Crippen LogP contribution in [-0.4, -0.2) is 5.97 Å². The van der Waals surface area contributed by atoms with Crippen molar-refractivity contribution in [3.63, 3.8) is 0 Å². The van der Waals surface area contributed by atoms with Crippen molar-refractivity contribution >= 4 is 17.3 Å². The largest absolute Gasteiger partial charge is 1.00 e. The fourth-order valence-electron chi connectivity index (χ4n) is 0.697. The third-order valence-electron chi connectivity index (χ3n) is 1.18. The molecule has 0 amide bonds. The summed E-state index contributed by atoms with van der Waals surface area (Å²) in [7, 11) is 0. The number of hydrogen-bond acceptors (Lipinski definition) is 3. The van der Waals surface area contributed by atoms with Crippen LogP contribution in [0.4, 0.5) is 0 Å². The van der Waals surface area contributed by atoms with Crippen LogP contribution in [0.1, 0.15) is 21.2 Å². The van der Waals surface area contributed by atoms with Crippen LogP contribution in [0.2, 0.25) is 0 Å². The summed E-state index contributed by atoms with van der Waals surface area (Å²) < 4.78 is 4.97. The van der Waals surface area contributed by atoms with Crippen molar-refractivity contribution in [2.45, 2.75) is 19.8 Å². The van der Waals surface area contributed by atoms with Crippen molar-refractivity contribution < 1.29 is 62.3 Å². The molecule has 0 aliphatic rings. The topological polar surface area (TPSA) is 26.3 Å². The van der Waals surface area contributed by atoms with Gasteiger partial charge in [-0.05, 0) is 17.9 Å². The van der Waals surface area contributed by atoms with Crippen LogP contribution in [0.25, 0.3) is 0 Å². The second kappa shape index (κ2) is 7.23. The number of rotatable bonds is 3. The average Bonchev–Trinajstić information content (AvgIpc) is 2.40. The van der Waals surface area contributed by atoms with E-state index in [2.05, 4.69) is 0 Å². The van der Waals surface area contributed by atoms with Gasteiger partial charge in [-0.3, -0.25) is 4.79 Å². The SMILES string of the molecule is CCCC(=O)Oc1ccsc1.[H-].[K+]. The van der Waals surface area contributed by atoms with Crippen LogP contribution in [0.3, 0.4) is 0 Å². The normalized spacial score (nSPS) is 8.75. The van der Waals surface area contributed by atoms with E-state index in [0.29, 0.717) is 12.2 Å². The van der Waals surface area contributed by atoms with Gasteiger partial charge in [-0.15, -0.1) is 11.3 Å². The van der Waals surface area contributed by atoms with Crippen LogP contribution in [0.5, 0.6) is 5.75 Å². The molecule has 0 spiro atoms. The van der Waals surface area contributed by atoms with Gasteiger partial charge < -0.3 is 6.16 Å². The summed E-state index contributed by atoms with van der Waals surface area (Å²) >= 11 is 1.52. The van der Waals surface area contributed by atoms with E-state index in [9.17, 15) is 4.79 Å². The van der Waals surface area contributed by atoms with Gasteiger partial charge in [0.05, 0.1) is 0 Å². The van der Waals surface area contributed by atoms with E-state index in [4.69, 9.17) is 4.74 Å². The Morgan fingerprint density at radius 2 is 2.50 bits per heavy atom. The molecule has 1 aromatic rings. The molecule has 62 valence electrons. The summed E-state index contributed by atoms with van der Waals surface area (Å²) in [6.07, 6.45) is 1.33. The van der Waals surface area contributed by atoms with Gasteiger partial charge in [0.25, 0.3) is 0 Å². The third-order valence-corrected chi connectivity index (χ3v) is 1.84. The molecule has 0 unspecified atom stereocenters. The Labute approximate surface area is 120 Å². The zero-order valence-electron chi connectivity index (χ0n) is 8.37. The van der Waals surface area contributed by atoms with Crippen LogP contribution in [0.15, 0.2) is 16.8 Å². The Morgan fingerprint density at radius 1 is 1.75 bits per heavy atom. The first-order chi connectivity index (χ1) is 5.33. The van der Waals surface area contributed by atoms with Gasteiger partial charge in [-0.1, -0.05) is 6.92 Å². The Morgan fingerprint density at radius 3 is 3.00 bits per heavy atom. The minimum atomic E-state index is -0.147. The fourth-order valence-corrected chi connectivity index (χ4v) is 1.25. The molecule has 0 aliphatic carbocycles. The maximum absolute atomic E-state index is 10.9. The minimum Gasteiger partial charge on any atom is -1.00 e. The van der Waals surface area contributed by atoms with Gasteiger partial charge in [0, 0.05) is 11.8 Å². The summed E-state index contributed by atoms with van der Waals surface area (Å²) in [5.41, 5.74) is 0. The number of thiophene rings is 1. The molecule has 0 saturated carbocycles. The zero-order chi connectivity index (χ0) is 8.10. The molecule has 0 aromatic carbocycles. The van der Waals surface area contributed by atoms with E-state index in [1.807, 2.05) is 17.7 Å². The number of ether oxygens (including phenoxy) is 1. The van der Waals surface area contributed by atoms with E-state index in [0.717, 1.165) is 6.42 Å². The predicted molar refractivity (Wildman–Crippen MR) is 46.0 cm³/mol. The molecule has 0 radical (unpaired) electrons. The predicted octanol–water partition coefficient (Wildman–Crippen LogP) is -0.430. The molecule has 1 heterocycles. The van der Waals surface area contributed by atoms with Gasteiger partial charge in [-0.2, -0.15) is 0 Å². The van der Waals surface area contributed by atoms with Gasteiger partial charge in [0.1, 0.15) is 5.75 Å². The standard InChI is InChI=1S/C8H10O2S.K.H/c1-2-3-8(9)10-7-4-5-11-6-7;;/h4-6H,2-3H2,1H3;;/q;+1;-1. The molecule has 0 N–H and O–H groups in total. The fraction of sp³-hybridized carbons (Fsp3) is 0.375. The number of hydrogen-bond donors (Lipinski definition) is 0. The zero-order valence-corrected chi connectivity index (χ0v) is 11.3. The van der Waals surface area contributed by atoms with Crippen molar-refractivity contribution in [2.24, 2.45) is 0 Å². The van der Waals surface area contributed by atoms with Crippen molar-refractivity contribution in [1.29, 1.82) is 0 Å². The second-order valence-corrected chi connectivity index (χ2v) is 2.96. The quantitative estimate of drug-likeness (QED) is 0.500. The molecule has 2 nitrogen and oxygen atoms in total. The van der Waals surface area contributed by atoms with Crippen molar-refractivity contribution in [3.05, 3.63) is 16.8 Å². The summed E-state index contributed by atoms with van der Waals surface area (Å²) in [4.78, 5) is 10.9. The van der Waals surface area contributed by atoms with Crippen LogP contribution in [-0.2, 0) is 4.79 Å². The van der Waals surface area contributed by atoms with Crippen LogP contribution >= 0.6 is 11.3 Å². The minimum absolute atomic E-state index is 0. The molecular formula is C8H11KO2S. The van der Waals surface area contributed by atoms with E-state index in [1.165, 1.54) is 11.3 Å². The maximum atomic E-state index is 10.9. The van der Waals surface area contributed by atoms with Crippen LogP contribution in [0, 0.1) is 0 Å². The molecule has 0 bridgehead atoms. The molecule has 12 heavy (non-hydrogen) atoms. The van der Waals surface area contributed by atoms with E-state index in [-0.39, 0.29) is 58.8 Å². The van der Waals surface area contributed by atoms with Crippen molar-refractivity contribution in [3.8, 4) is 5.75 Å². The number of carbonyl (C=O) groups excluding carboxylic acids is 1. The summed E-state index contributed by atoms with van der Waals surface area (Å²) in [5.74, 6) is 0.513. The first-order valence-corrected chi connectivity index (χ1v) is 4.50. The maximum Gasteiger partial charge on any atom is 1.00 e. The molecule has 0 aliphatic heterocycles. The van der Waals surface area contributed by atoms with Crippen LogP contribution < -0.4 is 56.1 Å². The van der Waals surface area contributed by atoms with Gasteiger partial charge in [-0.25, -0.2) is 0 Å². The van der Waals surface area contributed by atoms with Crippen molar-refractivity contribution in [1.82, 2.24) is 0 Å². The first kappa shape index (κ1) is 12.8.